The van der Waals surface area contributed by atoms with Gasteiger partial charge in [0.1, 0.15) is 0 Å². The molecule has 1 saturated carbocycles. The molecule has 22 heavy (non-hydrogen) atoms. The first-order valence-electron chi connectivity index (χ1n) is 8.79. The van der Waals surface area contributed by atoms with Crippen LogP contribution in [0.2, 0.25) is 0 Å². The molecule has 2 saturated heterocycles. The first-order chi connectivity index (χ1) is 10.6. The number of ether oxygens (including phenoxy) is 1. The normalized spacial score (nSPS) is 27.6. The molecule has 3 fully saturated rings. The molecule has 0 bridgehead atoms. The third-order valence-electron chi connectivity index (χ3n) is 5.37. The van der Waals surface area contributed by atoms with Crippen LogP contribution in [0.3, 0.4) is 0 Å². The van der Waals surface area contributed by atoms with E-state index in [1.54, 1.807) is 0 Å². The Morgan fingerprint density at radius 3 is 2.50 bits per heavy atom. The maximum atomic E-state index is 12.6. The number of hydrogen-bond acceptors (Lipinski definition) is 3. The largest absolute Gasteiger partial charge is 0.378 e. The molecule has 0 aromatic heterocycles. The molecule has 0 spiro atoms. The van der Waals surface area contributed by atoms with Crippen LogP contribution < -0.4 is 0 Å². The summed E-state index contributed by atoms with van der Waals surface area (Å²) >= 11 is 0. The average molecular weight is 308 g/mol. The topological polar surface area (TPSA) is 49.9 Å². The number of hydrogen-bond donors (Lipinski definition) is 0. The van der Waals surface area contributed by atoms with E-state index in [2.05, 4.69) is 6.92 Å². The number of carbonyl (C=O) groups excluding carboxylic acids is 2. The van der Waals surface area contributed by atoms with E-state index in [0.717, 1.165) is 25.3 Å². The molecule has 1 aliphatic carbocycles. The standard InChI is InChI=1S/C17H28N2O3/c1-13(14-4-5-14)11-16(20)19-6-2-3-15(12-19)17(21)18-7-9-22-10-8-18/h13-15H,2-12H2,1H3. The molecule has 2 unspecified atom stereocenters. The highest BCUT2D eigenvalue weighted by Gasteiger charge is 2.34. The van der Waals surface area contributed by atoms with Gasteiger partial charge >= 0.3 is 0 Å². The van der Waals surface area contributed by atoms with Crippen molar-refractivity contribution in [2.24, 2.45) is 17.8 Å². The van der Waals surface area contributed by atoms with Crippen LogP contribution in [0.25, 0.3) is 0 Å². The number of amides is 2. The Morgan fingerprint density at radius 1 is 1.09 bits per heavy atom. The zero-order valence-electron chi connectivity index (χ0n) is 13.6. The highest BCUT2D eigenvalue weighted by Crippen LogP contribution is 2.38. The lowest BCUT2D eigenvalue weighted by atomic mass is 9.94. The molecule has 2 aliphatic heterocycles. The third-order valence-corrected chi connectivity index (χ3v) is 5.37. The summed E-state index contributed by atoms with van der Waals surface area (Å²) in [6, 6.07) is 0. The fourth-order valence-electron chi connectivity index (χ4n) is 3.68. The number of morpholine rings is 1. The van der Waals surface area contributed by atoms with Gasteiger partial charge in [-0.05, 0) is 37.5 Å². The highest BCUT2D eigenvalue weighted by atomic mass is 16.5. The Kier molecular flexibility index (Phi) is 5.01. The zero-order chi connectivity index (χ0) is 15.5. The highest BCUT2D eigenvalue weighted by molar-refractivity contribution is 5.81. The summed E-state index contributed by atoms with van der Waals surface area (Å²) in [5, 5.41) is 0. The van der Waals surface area contributed by atoms with Gasteiger partial charge in [-0.1, -0.05) is 6.92 Å². The summed E-state index contributed by atoms with van der Waals surface area (Å²) in [4.78, 5) is 28.9. The van der Waals surface area contributed by atoms with Gasteiger partial charge in [-0.3, -0.25) is 9.59 Å². The van der Waals surface area contributed by atoms with E-state index in [0.29, 0.717) is 45.2 Å². The van der Waals surface area contributed by atoms with Crippen molar-refractivity contribution in [2.75, 3.05) is 39.4 Å². The molecular weight excluding hydrogens is 280 g/mol. The lowest BCUT2D eigenvalue weighted by Gasteiger charge is -2.36. The van der Waals surface area contributed by atoms with E-state index in [1.807, 2.05) is 9.80 Å². The van der Waals surface area contributed by atoms with Crippen molar-refractivity contribution >= 4 is 11.8 Å². The number of rotatable bonds is 4. The lowest BCUT2D eigenvalue weighted by molar-refractivity contribution is -0.144. The first kappa shape index (κ1) is 15.8. The predicted molar refractivity (Wildman–Crippen MR) is 83.2 cm³/mol. The minimum Gasteiger partial charge on any atom is -0.378 e. The fraction of sp³-hybridized carbons (Fsp3) is 0.882. The van der Waals surface area contributed by atoms with Crippen molar-refractivity contribution in [3.8, 4) is 0 Å². The number of carbonyl (C=O) groups is 2. The molecular formula is C17H28N2O3. The molecule has 5 nitrogen and oxygen atoms in total. The maximum Gasteiger partial charge on any atom is 0.227 e. The van der Waals surface area contributed by atoms with Gasteiger partial charge in [0.2, 0.25) is 11.8 Å². The zero-order valence-corrected chi connectivity index (χ0v) is 13.6. The second kappa shape index (κ2) is 6.99. The predicted octanol–water partition coefficient (Wildman–Crippen LogP) is 1.52. The van der Waals surface area contributed by atoms with Gasteiger partial charge in [0, 0.05) is 32.6 Å². The van der Waals surface area contributed by atoms with Gasteiger partial charge in [-0.25, -0.2) is 0 Å². The van der Waals surface area contributed by atoms with Gasteiger partial charge in [-0.2, -0.15) is 0 Å². The van der Waals surface area contributed by atoms with Crippen molar-refractivity contribution in [3.63, 3.8) is 0 Å². The SMILES string of the molecule is CC(CC(=O)N1CCCC(C(=O)N2CCOCC2)C1)C1CC1. The van der Waals surface area contributed by atoms with Gasteiger partial charge in [0.05, 0.1) is 19.1 Å². The minimum atomic E-state index is -0.00738. The Morgan fingerprint density at radius 2 is 1.82 bits per heavy atom. The molecule has 2 atom stereocenters. The van der Waals surface area contributed by atoms with Crippen LogP contribution in [-0.2, 0) is 14.3 Å². The van der Waals surface area contributed by atoms with Crippen LogP contribution in [0.4, 0.5) is 0 Å². The van der Waals surface area contributed by atoms with Crippen molar-refractivity contribution in [1.29, 1.82) is 0 Å². The lowest BCUT2D eigenvalue weighted by Crippen LogP contribution is -2.49. The molecule has 5 heteroatoms. The van der Waals surface area contributed by atoms with Crippen LogP contribution in [0.1, 0.15) is 39.0 Å². The summed E-state index contributed by atoms with van der Waals surface area (Å²) in [6.07, 6.45) is 5.09. The molecule has 0 radical (unpaired) electrons. The summed E-state index contributed by atoms with van der Waals surface area (Å²) < 4.78 is 5.31. The Balaban J connectivity index is 1.51. The van der Waals surface area contributed by atoms with Gasteiger partial charge in [0.25, 0.3) is 0 Å². The van der Waals surface area contributed by atoms with Crippen molar-refractivity contribution in [3.05, 3.63) is 0 Å². The maximum absolute atomic E-state index is 12.6. The average Bonchev–Trinajstić information content (AvgIpc) is 3.40. The number of likely N-dealkylation sites (tertiary alicyclic amines) is 1. The minimum absolute atomic E-state index is 0.00738. The van der Waals surface area contributed by atoms with Crippen LogP contribution in [0.15, 0.2) is 0 Å². The molecule has 3 aliphatic rings. The Hall–Kier alpha value is -1.10. The van der Waals surface area contributed by atoms with E-state index in [1.165, 1.54) is 12.8 Å². The summed E-state index contributed by atoms with van der Waals surface area (Å²) in [7, 11) is 0. The molecule has 124 valence electrons. The first-order valence-corrected chi connectivity index (χ1v) is 8.79. The van der Waals surface area contributed by atoms with Crippen LogP contribution >= 0.6 is 0 Å². The molecule has 2 amide bonds. The van der Waals surface area contributed by atoms with Gasteiger partial charge in [-0.15, -0.1) is 0 Å². The smallest absolute Gasteiger partial charge is 0.227 e. The summed E-state index contributed by atoms with van der Waals surface area (Å²) in [5.74, 6) is 1.73. The summed E-state index contributed by atoms with van der Waals surface area (Å²) in [5.41, 5.74) is 0. The van der Waals surface area contributed by atoms with Gasteiger partial charge < -0.3 is 14.5 Å². The van der Waals surface area contributed by atoms with E-state index >= 15 is 0 Å². The van der Waals surface area contributed by atoms with Crippen LogP contribution in [-0.4, -0.2) is 61.0 Å². The quantitative estimate of drug-likeness (QED) is 0.791. The molecule has 3 rings (SSSR count). The number of nitrogens with zero attached hydrogens (tertiary/aromatic N) is 2. The van der Waals surface area contributed by atoms with Crippen LogP contribution in [0.5, 0.6) is 0 Å². The molecule has 2 heterocycles. The molecule has 0 aromatic carbocycles. The second-order valence-corrected chi connectivity index (χ2v) is 7.14. The third kappa shape index (κ3) is 3.80. The Bertz CT molecular complexity index is 416. The second-order valence-electron chi connectivity index (χ2n) is 7.14. The fourth-order valence-corrected chi connectivity index (χ4v) is 3.68. The molecule has 0 aromatic rings. The van der Waals surface area contributed by atoms with Crippen molar-refractivity contribution < 1.29 is 14.3 Å². The number of piperidine rings is 1. The van der Waals surface area contributed by atoms with E-state index in [9.17, 15) is 9.59 Å². The summed E-state index contributed by atoms with van der Waals surface area (Å²) in [6.45, 7) is 6.30. The Labute approximate surface area is 133 Å². The van der Waals surface area contributed by atoms with Crippen molar-refractivity contribution in [1.82, 2.24) is 9.80 Å². The van der Waals surface area contributed by atoms with E-state index < -0.39 is 0 Å². The van der Waals surface area contributed by atoms with Crippen molar-refractivity contribution in [2.45, 2.75) is 39.0 Å². The van der Waals surface area contributed by atoms with E-state index in [4.69, 9.17) is 4.74 Å². The van der Waals surface area contributed by atoms with E-state index in [-0.39, 0.29) is 17.7 Å². The van der Waals surface area contributed by atoms with Gasteiger partial charge in [0.15, 0.2) is 0 Å². The monoisotopic (exact) mass is 308 g/mol. The molecule has 0 N–H and O–H groups in total. The van der Waals surface area contributed by atoms with Crippen LogP contribution in [0, 0.1) is 17.8 Å².